The molecule has 5 nitrogen and oxygen atoms in total. The Morgan fingerprint density at radius 2 is 2.24 bits per heavy atom. The second-order valence-corrected chi connectivity index (χ2v) is 4.25. The van der Waals surface area contributed by atoms with Crippen molar-refractivity contribution in [1.82, 2.24) is 10.1 Å². The zero-order valence-electron chi connectivity index (χ0n) is 10.3. The standard InChI is InChI=1S/C12H17N3O2/c1-4-9(13)8(3)12-14-11(15-17-12)10-7(2)5-6-16-10/h5-6,8-9H,4,13H2,1-3H3. The minimum atomic E-state index is 0.0287. The van der Waals surface area contributed by atoms with Gasteiger partial charge in [-0.1, -0.05) is 19.0 Å². The first-order chi connectivity index (χ1) is 8.13. The van der Waals surface area contributed by atoms with Crippen molar-refractivity contribution in [2.45, 2.75) is 39.2 Å². The summed E-state index contributed by atoms with van der Waals surface area (Å²) in [6.07, 6.45) is 2.49. The molecule has 0 aliphatic rings. The highest BCUT2D eigenvalue weighted by Gasteiger charge is 2.21. The summed E-state index contributed by atoms with van der Waals surface area (Å²) in [5.41, 5.74) is 6.95. The first-order valence-corrected chi connectivity index (χ1v) is 5.77. The van der Waals surface area contributed by atoms with Gasteiger partial charge < -0.3 is 14.7 Å². The molecule has 0 amide bonds. The van der Waals surface area contributed by atoms with Gasteiger partial charge in [-0.2, -0.15) is 4.98 Å². The van der Waals surface area contributed by atoms with Crippen molar-refractivity contribution in [2.75, 3.05) is 0 Å². The van der Waals surface area contributed by atoms with E-state index in [2.05, 4.69) is 10.1 Å². The number of furan rings is 1. The molecule has 0 fully saturated rings. The Kier molecular flexibility index (Phi) is 3.28. The number of nitrogens with zero attached hydrogens (tertiary/aromatic N) is 2. The Labute approximate surface area is 100.0 Å². The van der Waals surface area contributed by atoms with Crippen LogP contribution in [0, 0.1) is 6.92 Å². The van der Waals surface area contributed by atoms with E-state index in [0.717, 1.165) is 12.0 Å². The van der Waals surface area contributed by atoms with Crippen LogP contribution in [0.5, 0.6) is 0 Å². The molecule has 2 heterocycles. The van der Waals surface area contributed by atoms with Crippen molar-refractivity contribution in [3.05, 3.63) is 23.8 Å². The van der Waals surface area contributed by atoms with Gasteiger partial charge in [-0.3, -0.25) is 0 Å². The van der Waals surface area contributed by atoms with Crippen LogP contribution in [0.25, 0.3) is 11.6 Å². The topological polar surface area (TPSA) is 78.1 Å². The summed E-state index contributed by atoms with van der Waals surface area (Å²) in [4.78, 5) is 4.33. The first-order valence-electron chi connectivity index (χ1n) is 5.77. The molecule has 0 saturated heterocycles. The first kappa shape index (κ1) is 11.9. The van der Waals surface area contributed by atoms with Gasteiger partial charge >= 0.3 is 0 Å². The van der Waals surface area contributed by atoms with Gasteiger partial charge in [-0.05, 0) is 25.0 Å². The molecule has 2 atom stereocenters. The van der Waals surface area contributed by atoms with Crippen LogP contribution < -0.4 is 5.73 Å². The third-order valence-corrected chi connectivity index (χ3v) is 3.01. The number of rotatable bonds is 4. The lowest BCUT2D eigenvalue weighted by molar-refractivity contribution is 0.339. The molecule has 0 saturated carbocycles. The van der Waals surface area contributed by atoms with Crippen molar-refractivity contribution in [3.63, 3.8) is 0 Å². The lowest BCUT2D eigenvalue weighted by atomic mass is 10.0. The fourth-order valence-corrected chi connectivity index (χ4v) is 1.65. The molecule has 2 aromatic heterocycles. The summed E-state index contributed by atoms with van der Waals surface area (Å²) < 4.78 is 10.5. The summed E-state index contributed by atoms with van der Waals surface area (Å²) in [6, 6.07) is 1.90. The van der Waals surface area contributed by atoms with Crippen LogP contribution in [-0.4, -0.2) is 16.2 Å². The molecule has 0 aliphatic carbocycles. The molecule has 0 radical (unpaired) electrons. The minimum absolute atomic E-state index is 0.0287. The summed E-state index contributed by atoms with van der Waals surface area (Å²) in [5, 5.41) is 3.92. The third kappa shape index (κ3) is 2.24. The van der Waals surface area contributed by atoms with Crippen LogP contribution in [0.3, 0.4) is 0 Å². The fraction of sp³-hybridized carbons (Fsp3) is 0.500. The summed E-state index contributed by atoms with van der Waals surface area (Å²) in [5.74, 6) is 1.75. The van der Waals surface area contributed by atoms with E-state index in [0.29, 0.717) is 17.5 Å². The minimum Gasteiger partial charge on any atom is -0.461 e. The van der Waals surface area contributed by atoms with Crippen LogP contribution in [0.4, 0.5) is 0 Å². The van der Waals surface area contributed by atoms with E-state index in [4.69, 9.17) is 14.7 Å². The average Bonchev–Trinajstić information content (AvgIpc) is 2.95. The maximum absolute atomic E-state index is 5.96. The van der Waals surface area contributed by atoms with Crippen LogP contribution in [0.1, 0.15) is 37.6 Å². The number of aromatic nitrogens is 2. The second-order valence-electron chi connectivity index (χ2n) is 4.25. The highest BCUT2D eigenvalue weighted by atomic mass is 16.5. The molecule has 2 unspecified atom stereocenters. The van der Waals surface area contributed by atoms with Gasteiger partial charge in [-0.15, -0.1) is 0 Å². The summed E-state index contributed by atoms with van der Waals surface area (Å²) in [7, 11) is 0. The van der Waals surface area contributed by atoms with E-state index in [1.807, 2.05) is 26.8 Å². The molecule has 0 aliphatic heterocycles. The van der Waals surface area contributed by atoms with Gasteiger partial charge in [-0.25, -0.2) is 0 Å². The van der Waals surface area contributed by atoms with Gasteiger partial charge in [0.25, 0.3) is 0 Å². The fourth-order valence-electron chi connectivity index (χ4n) is 1.65. The molecule has 2 rings (SSSR count). The second kappa shape index (κ2) is 4.71. The van der Waals surface area contributed by atoms with E-state index in [-0.39, 0.29) is 12.0 Å². The number of nitrogens with two attached hydrogens (primary N) is 1. The highest BCUT2D eigenvalue weighted by molar-refractivity contribution is 5.51. The predicted octanol–water partition coefficient (Wildman–Crippen LogP) is 2.48. The molecule has 92 valence electrons. The molecular formula is C12H17N3O2. The van der Waals surface area contributed by atoms with Crippen molar-refractivity contribution in [1.29, 1.82) is 0 Å². The highest BCUT2D eigenvalue weighted by Crippen LogP contribution is 2.24. The van der Waals surface area contributed by atoms with Crippen LogP contribution in [0.15, 0.2) is 21.3 Å². The van der Waals surface area contributed by atoms with Gasteiger partial charge in [0.15, 0.2) is 5.76 Å². The van der Waals surface area contributed by atoms with Crippen LogP contribution in [0.2, 0.25) is 0 Å². The Balaban J connectivity index is 2.25. The SMILES string of the molecule is CCC(N)C(C)c1nc(-c2occc2C)no1. The average molecular weight is 235 g/mol. The van der Waals surface area contributed by atoms with Crippen molar-refractivity contribution < 1.29 is 8.94 Å². The zero-order chi connectivity index (χ0) is 12.4. The molecule has 0 spiro atoms. The molecule has 0 aromatic carbocycles. The van der Waals surface area contributed by atoms with E-state index in [9.17, 15) is 0 Å². The van der Waals surface area contributed by atoms with E-state index in [1.54, 1.807) is 6.26 Å². The molecule has 2 N–H and O–H groups in total. The smallest absolute Gasteiger partial charge is 0.238 e. The monoisotopic (exact) mass is 235 g/mol. The molecule has 17 heavy (non-hydrogen) atoms. The molecule has 0 bridgehead atoms. The van der Waals surface area contributed by atoms with Gasteiger partial charge in [0.05, 0.1) is 12.2 Å². The Morgan fingerprint density at radius 1 is 1.47 bits per heavy atom. The zero-order valence-corrected chi connectivity index (χ0v) is 10.3. The van der Waals surface area contributed by atoms with E-state index < -0.39 is 0 Å². The Morgan fingerprint density at radius 3 is 2.82 bits per heavy atom. The Hall–Kier alpha value is -1.62. The van der Waals surface area contributed by atoms with Crippen molar-refractivity contribution in [2.24, 2.45) is 5.73 Å². The molecule has 2 aromatic rings. The van der Waals surface area contributed by atoms with Crippen molar-refractivity contribution in [3.8, 4) is 11.6 Å². The summed E-state index contributed by atoms with van der Waals surface area (Å²) >= 11 is 0. The van der Waals surface area contributed by atoms with Crippen molar-refractivity contribution >= 4 is 0 Å². The van der Waals surface area contributed by atoms with Gasteiger partial charge in [0.1, 0.15) is 0 Å². The molecular weight excluding hydrogens is 218 g/mol. The third-order valence-electron chi connectivity index (χ3n) is 3.01. The van der Waals surface area contributed by atoms with E-state index in [1.165, 1.54) is 0 Å². The predicted molar refractivity (Wildman–Crippen MR) is 63.4 cm³/mol. The van der Waals surface area contributed by atoms with Gasteiger partial charge in [0.2, 0.25) is 11.7 Å². The normalized spacial score (nSPS) is 14.8. The number of hydrogen-bond acceptors (Lipinski definition) is 5. The van der Waals surface area contributed by atoms with Gasteiger partial charge in [0, 0.05) is 6.04 Å². The lowest BCUT2D eigenvalue weighted by Crippen LogP contribution is -2.25. The maximum atomic E-state index is 5.96. The largest absolute Gasteiger partial charge is 0.461 e. The van der Waals surface area contributed by atoms with Crippen LogP contribution >= 0.6 is 0 Å². The lowest BCUT2D eigenvalue weighted by Gasteiger charge is -2.13. The number of hydrogen-bond donors (Lipinski definition) is 1. The quantitative estimate of drug-likeness (QED) is 0.880. The van der Waals surface area contributed by atoms with E-state index >= 15 is 0 Å². The molecule has 5 heteroatoms. The summed E-state index contributed by atoms with van der Waals surface area (Å²) in [6.45, 7) is 5.96. The maximum Gasteiger partial charge on any atom is 0.238 e. The number of aryl methyl sites for hydroxylation is 1. The Bertz CT molecular complexity index is 489. The van der Waals surface area contributed by atoms with Crippen LogP contribution in [-0.2, 0) is 0 Å².